The van der Waals surface area contributed by atoms with Crippen molar-refractivity contribution < 1.29 is 4.74 Å². The molecule has 0 saturated carbocycles. The first-order chi connectivity index (χ1) is 7.26. The monoisotopic (exact) mass is 285 g/mol. The van der Waals surface area contributed by atoms with Crippen molar-refractivity contribution in [2.45, 2.75) is 39.7 Å². The van der Waals surface area contributed by atoms with Crippen LogP contribution in [0.4, 0.5) is 0 Å². The second kappa shape index (κ2) is 4.76. The number of halogens is 1. The maximum atomic E-state index is 6.06. The topological polar surface area (TPSA) is 35.2 Å². The van der Waals surface area contributed by atoms with Crippen molar-refractivity contribution in [2.24, 2.45) is 5.73 Å². The quantitative estimate of drug-likeness (QED) is 0.924. The van der Waals surface area contributed by atoms with E-state index in [4.69, 9.17) is 10.5 Å². The molecule has 0 aliphatic carbocycles. The fraction of sp³-hybridized carbons (Fsp3) is 0.538. The molecular weight excluding hydrogens is 266 g/mol. The number of methoxy groups -OCH3 is 1. The Morgan fingerprint density at radius 2 is 1.94 bits per heavy atom. The van der Waals surface area contributed by atoms with Gasteiger partial charge in [-0.3, -0.25) is 0 Å². The van der Waals surface area contributed by atoms with Crippen molar-refractivity contribution >= 4 is 15.9 Å². The van der Waals surface area contributed by atoms with Crippen LogP contribution in [0.15, 0.2) is 10.5 Å². The van der Waals surface area contributed by atoms with E-state index >= 15 is 0 Å². The van der Waals surface area contributed by atoms with Crippen LogP contribution in [0.5, 0.6) is 5.75 Å². The van der Waals surface area contributed by atoms with Gasteiger partial charge >= 0.3 is 0 Å². The van der Waals surface area contributed by atoms with Gasteiger partial charge in [0.2, 0.25) is 0 Å². The summed E-state index contributed by atoms with van der Waals surface area (Å²) >= 11 is 3.58. The molecule has 2 N–H and O–H groups in total. The molecule has 0 heterocycles. The molecule has 0 saturated heterocycles. The summed E-state index contributed by atoms with van der Waals surface area (Å²) in [7, 11) is 1.70. The van der Waals surface area contributed by atoms with Crippen molar-refractivity contribution in [3.63, 3.8) is 0 Å². The Balaban J connectivity index is 3.28. The van der Waals surface area contributed by atoms with Gasteiger partial charge in [0.25, 0.3) is 0 Å². The normalized spacial score (nSPS) is 11.7. The van der Waals surface area contributed by atoms with Gasteiger partial charge in [0.05, 0.1) is 11.6 Å². The molecule has 0 bridgehead atoms. The zero-order chi connectivity index (χ0) is 12.5. The molecule has 2 nitrogen and oxygen atoms in total. The number of benzene rings is 1. The lowest BCUT2D eigenvalue weighted by atomic mass is 9.93. The van der Waals surface area contributed by atoms with E-state index < -0.39 is 0 Å². The SMILES string of the molecule is COc1c(CC(C)(C)N)cc(C)c(C)c1Br. The van der Waals surface area contributed by atoms with Gasteiger partial charge in [-0.25, -0.2) is 0 Å². The first kappa shape index (κ1) is 13.5. The summed E-state index contributed by atoms with van der Waals surface area (Å²) in [5.74, 6) is 0.904. The summed E-state index contributed by atoms with van der Waals surface area (Å²) in [4.78, 5) is 0. The third kappa shape index (κ3) is 2.98. The number of ether oxygens (including phenoxy) is 1. The van der Waals surface area contributed by atoms with Gasteiger partial charge in [0, 0.05) is 5.54 Å². The summed E-state index contributed by atoms with van der Waals surface area (Å²) in [6.07, 6.45) is 0.801. The van der Waals surface area contributed by atoms with Crippen LogP contribution >= 0.6 is 15.9 Å². The summed E-state index contributed by atoms with van der Waals surface area (Å²) in [6.45, 7) is 8.23. The number of hydrogen-bond donors (Lipinski definition) is 1. The van der Waals surface area contributed by atoms with Gasteiger partial charge in [0.15, 0.2) is 0 Å². The van der Waals surface area contributed by atoms with E-state index in [-0.39, 0.29) is 5.54 Å². The highest BCUT2D eigenvalue weighted by molar-refractivity contribution is 9.10. The van der Waals surface area contributed by atoms with Crippen LogP contribution in [0.3, 0.4) is 0 Å². The van der Waals surface area contributed by atoms with Crippen molar-refractivity contribution in [1.29, 1.82) is 0 Å². The minimum atomic E-state index is -0.228. The van der Waals surface area contributed by atoms with Crippen molar-refractivity contribution in [3.8, 4) is 5.75 Å². The smallest absolute Gasteiger partial charge is 0.136 e. The highest BCUT2D eigenvalue weighted by Gasteiger charge is 2.18. The fourth-order valence-electron chi connectivity index (χ4n) is 1.76. The fourth-order valence-corrected chi connectivity index (χ4v) is 2.49. The summed E-state index contributed by atoms with van der Waals surface area (Å²) < 4.78 is 6.49. The minimum Gasteiger partial charge on any atom is -0.495 e. The van der Waals surface area contributed by atoms with Crippen molar-refractivity contribution in [2.75, 3.05) is 7.11 Å². The van der Waals surface area contributed by atoms with Crippen LogP contribution in [-0.2, 0) is 6.42 Å². The molecule has 0 radical (unpaired) electrons. The molecule has 0 amide bonds. The van der Waals surface area contributed by atoms with E-state index in [9.17, 15) is 0 Å². The van der Waals surface area contributed by atoms with Gasteiger partial charge in [-0.1, -0.05) is 6.07 Å². The summed E-state index contributed by atoms with van der Waals surface area (Å²) in [5.41, 5.74) is 9.46. The van der Waals surface area contributed by atoms with Gasteiger partial charge < -0.3 is 10.5 Å². The predicted molar refractivity (Wildman–Crippen MR) is 72.1 cm³/mol. The summed E-state index contributed by atoms with van der Waals surface area (Å²) in [5, 5.41) is 0. The highest BCUT2D eigenvalue weighted by atomic mass is 79.9. The van der Waals surface area contributed by atoms with E-state index in [1.54, 1.807) is 7.11 Å². The summed E-state index contributed by atoms with van der Waals surface area (Å²) in [6, 6.07) is 2.16. The molecule has 3 heteroatoms. The lowest BCUT2D eigenvalue weighted by molar-refractivity contribution is 0.399. The Bertz CT molecular complexity index is 394. The molecule has 0 aromatic heterocycles. The minimum absolute atomic E-state index is 0.228. The van der Waals surface area contributed by atoms with Gasteiger partial charge in [-0.2, -0.15) is 0 Å². The van der Waals surface area contributed by atoms with E-state index in [2.05, 4.69) is 35.8 Å². The Morgan fingerprint density at radius 3 is 2.38 bits per heavy atom. The van der Waals surface area contributed by atoms with Crippen LogP contribution in [0.25, 0.3) is 0 Å². The molecule has 0 fully saturated rings. The number of nitrogens with two attached hydrogens (primary N) is 1. The second-order valence-electron chi connectivity index (χ2n) is 4.99. The molecule has 1 aromatic carbocycles. The Kier molecular flexibility index (Phi) is 4.02. The van der Waals surface area contributed by atoms with E-state index in [0.717, 1.165) is 22.2 Å². The largest absolute Gasteiger partial charge is 0.495 e. The Hall–Kier alpha value is -0.540. The molecular formula is C13H20BrNO. The zero-order valence-corrected chi connectivity index (χ0v) is 12.2. The third-order valence-corrected chi connectivity index (χ3v) is 3.61. The maximum Gasteiger partial charge on any atom is 0.136 e. The van der Waals surface area contributed by atoms with Crippen LogP contribution in [0.2, 0.25) is 0 Å². The van der Waals surface area contributed by atoms with Crippen LogP contribution in [0.1, 0.15) is 30.5 Å². The number of rotatable bonds is 3. The van der Waals surface area contributed by atoms with Crippen LogP contribution in [-0.4, -0.2) is 12.6 Å². The lowest BCUT2D eigenvalue weighted by Crippen LogP contribution is -2.34. The molecule has 0 aliphatic rings. The van der Waals surface area contributed by atoms with Gasteiger partial charge in [-0.05, 0) is 66.7 Å². The molecule has 0 atom stereocenters. The average molecular weight is 286 g/mol. The zero-order valence-electron chi connectivity index (χ0n) is 10.6. The van der Waals surface area contributed by atoms with E-state index in [0.29, 0.717) is 0 Å². The average Bonchev–Trinajstić information content (AvgIpc) is 2.12. The van der Waals surface area contributed by atoms with Crippen LogP contribution in [0, 0.1) is 13.8 Å². The third-order valence-electron chi connectivity index (χ3n) is 2.65. The molecule has 0 aliphatic heterocycles. The standard InChI is InChI=1S/C13H20BrNO/c1-8-6-10(7-13(3,4)15)12(16-5)11(14)9(8)2/h6H,7,15H2,1-5H3. The van der Waals surface area contributed by atoms with Crippen molar-refractivity contribution in [3.05, 3.63) is 27.2 Å². The van der Waals surface area contributed by atoms with Gasteiger partial charge in [-0.15, -0.1) is 0 Å². The van der Waals surface area contributed by atoms with E-state index in [1.165, 1.54) is 11.1 Å². The Labute approximate surface area is 106 Å². The first-order valence-corrected chi connectivity index (χ1v) is 6.17. The van der Waals surface area contributed by atoms with E-state index in [1.807, 2.05) is 13.8 Å². The first-order valence-electron chi connectivity index (χ1n) is 5.37. The highest BCUT2D eigenvalue weighted by Crippen LogP contribution is 2.35. The maximum absolute atomic E-state index is 6.06. The van der Waals surface area contributed by atoms with Crippen molar-refractivity contribution in [1.82, 2.24) is 0 Å². The molecule has 0 spiro atoms. The molecule has 1 rings (SSSR count). The van der Waals surface area contributed by atoms with Gasteiger partial charge in [0.1, 0.15) is 5.75 Å². The Morgan fingerprint density at radius 1 is 1.38 bits per heavy atom. The molecule has 1 aromatic rings. The lowest BCUT2D eigenvalue weighted by Gasteiger charge is -2.22. The number of hydrogen-bond acceptors (Lipinski definition) is 2. The predicted octanol–water partition coefficient (Wildman–Crippen LogP) is 3.35. The molecule has 90 valence electrons. The molecule has 0 unspecified atom stereocenters. The molecule has 16 heavy (non-hydrogen) atoms. The second-order valence-corrected chi connectivity index (χ2v) is 5.78. The number of aryl methyl sites for hydroxylation is 1. The van der Waals surface area contributed by atoms with Crippen LogP contribution < -0.4 is 10.5 Å².